The maximum atomic E-state index is 11.2. The van der Waals surface area contributed by atoms with Crippen LogP contribution >= 0.6 is 0 Å². The zero-order valence-corrected chi connectivity index (χ0v) is 17.8. The standard InChI is InChI=1S/C23H31N3O3/c1-5-12-28-23-13-16(2)22(14-24-23)26-11-10-21(15-26)29-20-8-6-19(7-9-20)17(3)25-18(4)27/h6-9,13-14,17,21H,5,10-12,15H2,1-4H3,(H,25,27)/t17-,21?/m0/s1. The molecule has 6 heteroatoms. The molecule has 2 heterocycles. The number of nitrogens with zero attached hydrogens (tertiary/aromatic N) is 2. The van der Waals surface area contributed by atoms with Crippen molar-refractivity contribution < 1.29 is 14.3 Å². The van der Waals surface area contributed by atoms with Gasteiger partial charge in [-0.2, -0.15) is 0 Å². The van der Waals surface area contributed by atoms with Crippen molar-refractivity contribution in [3.63, 3.8) is 0 Å². The van der Waals surface area contributed by atoms with Crippen LogP contribution in [0.5, 0.6) is 11.6 Å². The Kier molecular flexibility index (Phi) is 6.96. The van der Waals surface area contributed by atoms with Crippen LogP contribution < -0.4 is 19.7 Å². The van der Waals surface area contributed by atoms with Crippen LogP contribution in [0.2, 0.25) is 0 Å². The van der Waals surface area contributed by atoms with Gasteiger partial charge in [-0.05, 0) is 43.5 Å². The van der Waals surface area contributed by atoms with Crippen LogP contribution in [0.25, 0.3) is 0 Å². The average molecular weight is 398 g/mol. The Morgan fingerprint density at radius 1 is 1.34 bits per heavy atom. The molecule has 0 bridgehead atoms. The van der Waals surface area contributed by atoms with Crippen LogP contribution in [0.3, 0.4) is 0 Å². The summed E-state index contributed by atoms with van der Waals surface area (Å²) >= 11 is 0. The van der Waals surface area contributed by atoms with E-state index in [1.165, 1.54) is 12.5 Å². The third-order valence-corrected chi connectivity index (χ3v) is 5.10. The molecule has 1 N–H and O–H groups in total. The van der Waals surface area contributed by atoms with Crippen LogP contribution in [-0.4, -0.2) is 36.7 Å². The summed E-state index contributed by atoms with van der Waals surface area (Å²) in [5.41, 5.74) is 3.37. The minimum absolute atomic E-state index is 0.0109. The number of benzene rings is 1. The van der Waals surface area contributed by atoms with Gasteiger partial charge < -0.3 is 19.7 Å². The Morgan fingerprint density at radius 3 is 2.76 bits per heavy atom. The number of nitrogens with one attached hydrogen (secondary N) is 1. The van der Waals surface area contributed by atoms with Gasteiger partial charge in [0.1, 0.15) is 11.9 Å². The molecule has 1 aromatic heterocycles. The lowest BCUT2D eigenvalue weighted by atomic mass is 10.1. The highest BCUT2D eigenvalue weighted by molar-refractivity contribution is 5.73. The first-order valence-electron chi connectivity index (χ1n) is 10.3. The fraction of sp³-hybridized carbons (Fsp3) is 0.478. The van der Waals surface area contributed by atoms with Gasteiger partial charge in [-0.1, -0.05) is 19.1 Å². The van der Waals surface area contributed by atoms with Crippen LogP contribution in [0.4, 0.5) is 5.69 Å². The number of amides is 1. The Bertz CT molecular complexity index is 823. The molecule has 1 aliphatic heterocycles. The molecule has 1 fully saturated rings. The maximum absolute atomic E-state index is 11.2. The first-order valence-corrected chi connectivity index (χ1v) is 10.3. The third-order valence-electron chi connectivity index (χ3n) is 5.10. The summed E-state index contributed by atoms with van der Waals surface area (Å²) in [6, 6.07) is 9.96. The van der Waals surface area contributed by atoms with Crippen molar-refractivity contribution in [3.05, 3.63) is 47.7 Å². The van der Waals surface area contributed by atoms with E-state index in [0.717, 1.165) is 42.9 Å². The van der Waals surface area contributed by atoms with Crippen molar-refractivity contribution in [1.29, 1.82) is 0 Å². The fourth-order valence-corrected chi connectivity index (χ4v) is 3.60. The number of hydrogen-bond donors (Lipinski definition) is 1. The molecular weight excluding hydrogens is 366 g/mol. The van der Waals surface area contributed by atoms with Gasteiger partial charge in [0.25, 0.3) is 0 Å². The van der Waals surface area contributed by atoms with E-state index in [-0.39, 0.29) is 18.1 Å². The summed E-state index contributed by atoms with van der Waals surface area (Å²) in [7, 11) is 0. The number of aromatic nitrogens is 1. The van der Waals surface area contributed by atoms with Crippen molar-refractivity contribution in [1.82, 2.24) is 10.3 Å². The number of carbonyl (C=O) groups excluding carboxylic acids is 1. The van der Waals surface area contributed by atoms with Crippen molar-refractivity contribution in [3.8, 4) is 11.6 Å². The van der Waals surface area contributed by atoms with Gasteiger partial charge in [-0.3, -0.25) is 4.79 Å². The first-order chi connectivity index (χ1) is 14.0. The summed E-state index contributed by atoms with van der Waals surface area (Å²) in [6.07, 6.45) is 3.99. The number of pyridine rings is 1. The number of carbonyl (C=O) groups is 1. The lowest BCUT2D eigenvalue weighted by Crippen LogP contribution is -2.25. The van der Waals surface area contributed by atoms with Gasteiger partial charge in [0, 0.05) is 26.0 Å². The molecule has 0 aliphatic carbocycles. The zero-order chi connectivity index (χ0) is 20.8. The molecule has 0 spiro atoms. The van der Waals surface area contributed by atoms with Crippen molar-refractivity contribution in [2.75, 3.05) is 24.6 Å². The molecule has 0 saturated carbocycles. The van der Waals surface area contributed by atoms with Gasteiger partial charge in [0.15, 0.2) is 0 Å². The van der Waals surface area contributed by atoms with E-state index < -0.39 is 0 Å². The average Bonchev–Trinajstić information content (AvgIpc) is 3.14. The topological polar surface area (TPSA) is 63.7 Å². The van der Waals surface area contributed by atoms with E-state index >= 15 is 0 Å². The molecule has 6 nitrogen and oxygen atoms in total. The zero-order valence-electron chi connectivity index (χ0n) is 17.8. The molecule has 3 rings (SSSR count). The second-order valence-electron chi connectivity index (χ2n) is 7.62. The molecule has 2 aromatic rings. The lowest BCUT2D eigenvalue weighted by molar-refractivity contribution is -0.119. The number of hydrogen-bond acceptors (Lipinski definition) is 5. The van der Waals surface area contributed by atoms with Gasteiger partial charge in [0.05, 0.1) is 31.1 Å². The second kappa shape index (κ2) is 9.63. The predicted octanol–water partition coefficient (Wildman–Crippen LogP) is 4.03. The number of rotatable bonds is 8. The SMILES string of the molecule is CCCOc1cc(C)c(N2CCC(Oc3ccc([C@H](C)NC(C)=O)cc3)C2)cn1. The monoisotopic (exact) mass is 397 g/mol. The Balaban J connectivity index is 1.56. The fourth-order valence-electron chi connectivity index (χ4n) is 3.60. The molecule has 1 unspecified atom stereocenters. The molecule has 1 saturated heterocycles. The van der Waals surface area contributed by atoms with E-state index in [4.69, 9.17) is 9.47 Å². The predicted molar refractivity (Wildman–Crippen MR) is 115 cm³/mol. The highest BCUT2D eigenvalue weighted by atomic mass is 16.5. The van der Waals surface area contributed by atoms with Crippen LogP contribution in [-0.2, 0) is 4.79 Å². The first kappa shape index (κ1) is 21.0. The summed E-state index contributed by atoms with van der Waals surface area (Å²) in [5, 5.41) is 2.89. The lowest BCUT2D eigenvalue weighted by Gasteiger charge is -2.21. The van der Waals surface area contributed by atoms with E-state index in [1.54, 1.807) is 0 Å². The molecule has 29 heavy (non-hydrogen) atoms. The minimum atomic E-state index is -0.0291. The number of ether oxygens (including phenoxy) is 2. The third kappa shape index (κ3) is 5.62. The quantitative estimate of drug-likeness (QED) is 0.728. The smallest absolute Gasteiger partial charge is 0.217 e. The molecule has 1 aliphatic rings. The number of aryl methyl sites for hydroxylation is 1. The van der Waals surface area contributed by atoms with Crippen molar-refractivity contribution >= 4 is 11.6 Å². The molecule has 1 amide bonds. The van der Waals surface area contributed by atoms with Crippen molar-refractivity contribution in [2.24, 2.45) is 0 Å². The van der Waals surface area contributed by atoms with Gasteiger partial charge in [0.2, 0.25) is 11.8 Å². The molecule has 1 aromatic carbocycles. The van der Waals surface area contributed by atoms with Gasteiger partial charge >= 0.3 is 0 Å². The van der Waals surface area contributed by atoms with E-state index in [0.29, 0.717) is 12.5 Å². The minimum Gasteiger partial charge on any atom is -0.489 e. The van der Waals surface area contributed by atoms with Gasteiger partial charge in [-0.25, -0.2) is 4.98 Å². The molecular formula is C23H31N3O3. The summed E-state index contributed by atoms with van der Waals surface area (Å²) in [5.74, 6) is 1.51. The van der Waals surface area contributed by atoms with Gasteiger partial charge in [-0.15, -0.1) is 0 Å². The molecule has 156 valence electrons. The summed E-state index contributed by atoms with van der Waals surface area (Å²) in [6.45, 7) is 10.2. The maximum Gasteiger partial charge on any atom is 0.217 e. The van der Waals surface area contributed by atoms with E-state index in [1.807, 2.05) is 43.5 Å². The normalized spacial score (nSPS) is 17.1. The van der Waals surface area contributed by atoms with E-state index in [2.05, 4.69) is 29.0 Å². The van der Waals surface area contributed by atoms with Crippen LogP contribution in [0, 0.1) is 6.92 Å². The highest BCUT2D eigenvalue weighted by Gasteiger charge is 2.25. The second-order valence-corrected chi connectivity index (χ2v) is 7.62. The Labute approximate surface area is 173 Å². The largest absolute Gasteiger partial charge is 0.489 e. The Morgan fingerprint density at radius 2 is 2.10 bits per heavy atom. The molecule has 2 atom stereocenters. The summed E-state index contributed by atoms with van der Waals surface area (Å²) < 4.78 is 11.8. The van der Waals surface area contributed by atoms with Crippen molar-refractivity contribution in [2.45, 2.75) is 52.7 Å². The highest BCUT2D eigenvalue weighted by Crippen LogP contribution is 2.28. The van der Waals surface area contributed by atoms with Crippen LogP contribution in [0.15, 0.2) is 36.5 Å². The molecule has 0 radical (unpaired) electrons. The van der Waals surface area contributed by atoms with Crippen LogP contribution in [0.1, 0.15) is 50.8 Å². The van der Waals surface area contributed by atoms with E-state index in [9.17, 15) is 4.79 Å². The number of anilines is 1. The Hall–Kier alpha value is -2.76. The summed E-state index contributed by atoms with van der Waals surface area (Å²) in [4.78, 5) is 18.0.